The number of nitrogens with zero attached hydrogens (tertiary/aromatic N) is 2. The molecule has 102 valence electrons. The van der Waals surface area contributed by atoms with Crippen molar-refractivity contribution in [2.24, 2.45) is 0 Å². The van der Waals surface area contributed by atoms with E-state index in [9.17, 15) is 9.90 Å². The highest BCUT2D eigenvalue weighted by molar-refractivity contribution is 6.31. The van der Waals surface area contributed by atoms with Gasteiger partial charge in [0.25, 0.3) is 6.01 Å². The van der Waals surface area contributed by atoms with E-state index in [1.807, 2.05) is 6.92 Å². The molecule has 19 heavy (non-hydrogen) atoms. The Balaban J connectivity index is 2.35. The number of H-pyrrole nitrogens is 1. The van der Waals surface area contributed by atoms with Crippen LogP contribution in [0.5, 0.6) is 6.01 Å². The van der Waals surface area contributed by atoms with Crippen molar-refractivity contribution in [2.45, 2.75) is 26.2 Å². The Morgan fingerprint density at radius 2 is 2.32 bits per heavy atom. The lowest BCUT2D eigenvalue weighted by atomic mass is 10.0. The molecule has 0 radical (unpaired) electrons. The zero-order valence-corrected chi connectivity index (χ0v) is 11.5. The number of halogens is 1. The second kappa shape index (κ2) is 5.44. The van der Waals surface area contributed by atoms with E-state index in [1.54, 1.807) is 6.07 Å². The summed E-state index contributed by atoms with van der Waals surface area (Å²) in [5.74, 6) is -0.0762. The first-order chi connectivity index (χ1) is 9.01. The molecule has 1 amide bonds. The molecule has 7 heteroatoms. The molecule has 0 aliphatic carbocycles. The fraction of sp³-hybridized carbons (Fsp3) is 0.417. The molecule has 6 nitrogen and oxygen atoms in total. The monoisotopic (exact) mass is 282 g/mol. The number of aromatic hydroxyl groups is 1. The number of imidazole rings is 1. The Morgan fingerprint density at radius 3 is 2.95 bits per heavy atom. The molecule has 2 aromatic rings. The Hall–Kier alpha value is -1.82. The van der Waals surface area contributed by atoms with E-state index in [2.05, 4.69) is 20.3 Å². The average molecular weight is 283 g/mol. The molecular formula is C12H15ClN4O2. The molecule has 0 aliphatic rings. The van der Waals surface area contributed by atoms with Crippen LogP contribution < -0.4 is 5.32 Å². The normalized spacial score (nSPS) is 12.6. The molecular weight excluding hydrogens is 268 g/mol. The van der Waals surface area contributed by atoms with Crippen LogP contribution in [0.2, 0.25) is 5.02 Å². The number of aromatic nitrogens is 3. The van der Waals surface area contributed by atoms with Crippen LogP contribution in [0.25, 0.3) is 11.2 Å². The Morgan fingerprint density at radius 1 is 1.58 bits per heavy atom. The van der Waals surface area contributed by atoms with Crippen molar-refractivity contribution in [2.75, 3.05) is 6.54 Å². The highest BCUT2D eigenvalue weighted by Crippen LogP contribution is 2.28. The zero-order valence-electron chi connectivity index (χ0n) is 10.7. The minimum absolute atomic E-state index is 0.0136. The molecule has 0 fully saturated rings. The third kappa shape index (κ3) is 2.96. The molecule has 3 N–H and O–H groups in total. The van der Waals surface area contributed by atoms with Gasteiger partial charge in [0.1, 0.15) is 0 Å². The highest BCUT2D eigenvalue weighted by Gasteiger charge is 2.17. The molecule has 1 atom stereocenters. The Labute approximate surface area is 115 Å². The predicted molar refractivity (Wildman–Crippen MR) is 72.3 cm³/mol. The lowest BCUT2D eigenvalue weighted by Crippen LogP contribution is -2.26. The van der Waals surface area contributed by atoms with Gasteiger partial charge in [-0.2, -0.15) is 4.98 Å². The number of fused-ring (bicyclic) bond motifs is 1. The van der Waals surface area contributed by atoms with Crippen molar-refractivity contribution in [1.29, 1.82) is 0 Å². The summed E-state index contributed by atoms with van der Waals surface area (Å²) >= 11 is 6.20. The fourth-order valence-electron chi connectivity index (χ4n) is 1.91. The van der Waals surface area contributed by atoms with Crippen molar-refractivity contribution >= 4 is 28.7 Å². The molecule has 0 spiro atoms. The second-order valence-electron chi connectivity index (χ2n) is 4.33. The van der Waals surface area contributed by atoms with E-state index in [-0.39, 0.29) is 17.8 Å². The number of hydrogen-bond donors (Lipinski definition) is 3. The van der Waals surface area contributed by atoms with Gasteiger partial charge in [-0.25, -0.2) is 4.98 Å². The van der Waals surface area contributed by atoms with E-state index < -0.39 is 0 Å². The summed E-state index contributed by atoms with van der Waals surface area (Å²) in [4.78, 5) is 21.9. The topological polar surface area (TPSA) is 90.9 Å². The summed E-state index contributed by atoms with van der Waals surface area (Å²) in [6.45, 7) is 3.94. The van der Waals surface area contributed by atoms with Gasteiger partial charge < -0.3 is 15.4 Å². The van der Waals surface area contributed by atoms with E-state index in [0.29, 0.717) is 28.4 Å². The van der Waals surface area contributed by atoms with Crippen LogP contribution in [0.4, 0.5) is 0 Å². The van der Waals surface area contributed by atoms with Gasteiger partial charge in [0.2, 0.25) is 5.91 Å². The number of hydrogen-bond acceptors (Lipinski definition) is 4. The molecule has 0 unspecified atom stereocenters. The van der Waals surface area contributed by atoms with Gasteiger partial charge in [-0.3, -0.25) is 4.79 Å². The third-order valence-electron chi connectivity index (χ3n) is 2.92. The SMILES string of the molecule is CC[C@H](CNC(C)=O)c1nc2nc(O)[nH]c2cc1Cl. The first kappa shape index (κ1) is 13.6. The van der Waals surface area contributed by atoms with Crippen molar-refractivity contribution in [1.82, 2.24) is 20.3 Å². The predicted octanol–water partition coefficient (Wildman–Crippen LogP) is 1.95. The molecule has 2 heterocycles. The summed E-state index contributed by atoms with van der Waals surface area (Å²) < 4.78 is 0. The van der Waals surface area contributed by atoms with Crippen LogP contribution in [-0.2, 0) is 4.79 Å². The lowest BCUT2D eigenvalue weighted by Gasteiger charge is -2.15. The number of pyridine rings is 1. The average Bonchev–Trinajstić information content (AvgIpc) is 2.68. The number of rotatable bonds is 4. The maximum Gasteiger partial charge on any atom is 0.293 e. The summed E-state index contributed by atoms with van der Waals surface area (Å²) in [7, 11) is 0. The Kier molecular flexibility index (Phi) is 3.90. The van der Waals surface area contributed by atoms with Gasteiger partial charge in [0, 0.05) is 19.4 Å². The Bertz CT molecular complexity index is 611. The molecule has 0 bridgehead atoms. The first-order valence-corrected chi connectivity index (χ1v) is 6.38. The molecule has 2 aromatic heterocycles. The molecule has 2 rings (SSSR count). The second-order valence-corrected chi connectivity index (χ2v) is 4.74. The van der Waals surface area contributed by atoms with Crippen LogP contribution in [0.1, 0.15) is 31.9 Å². The molecule has 0 saturated heterocycles. The standard InChI is InChI=1S/C12H15ClN4O2/c1-3-7(5-14-6(2)18)10-8(13)4-9-11(16-10)17-12(19)15-9/h4,7H,3,5H2,1-2H3,(H,14,18)(H2,15,16,17,19)/t7-/m1/s1. The van der Waals surface area contributed by atoms with Crippen molar-refractivity contribution in [3.63, 3.8) is 0 Å². The van der Waals surface area contributed by atoms with Crippen molar-refractivity contribution in [3.8, 4) is 6.01 Å². The highest BCUT2D eigenvalue weighted by atomic mass is 35.5. The van der Waals surface area contributed by atoms with E-state index in [0.717, 1.165) is 6.42 Å². The number of amides is 1. The van der Waals surface area contributed by atoms with Gasteiger partial charge in [-0.1, -0.05) is 18.5 Å². The van der Waals surface area contributed by atoms with Crippen LogP contribution in [0.3, 0.4) is 0 Å². The quantitative estimate of drug-likeness (QED) is 0.799. The van der Waals surface area contributed by atoms with Crippen molar-refractivity contribution in [3.05, 3.63) is 16.8 Å². The van der Waals surface area contributed by atoms with Crippen molar-refractivity contribution < 1.29 is 9.90 Å². The van der Waals surface area contributed by atoms with E-state index in [4.69, 9.17) is 11.6 Å². The van der Waals surface area contributed by atoms with Gasteiger partial charge in [-0.05, 0) is 12.5 Å². The third-order valence-corrected chi connectivity index (χ3v) is 3.22. The minimum Gasteiger partial charge on any atom is -0.480 e. The summed E-state index contributed by atoms with van der Waals surface area (Å²) in [5.41, 5.74) is 1.68. The minimum atomic E-state index is -0.189. The summed E-state index contributed by atoms with van der Waals surface area (Å²) in [5, 5.41) is 12.6. The number of carbonyl (C=O) groups excluding carboxylic acids is 1. The largest absolute Gasteiger partial charge is 0.480 e. The first-order valence-electron chi connectivity index (χ1n) is 6.00. The smallest absolute Gasteiger partial charge is 0.293 e. The molecule has 0 aliphatic heterocycles. The summed E-state index contributed by atoms with van der Waals surface area (Å²) in [6.07, 6.45) is 0.787. The van der Waals surface area contributed by atoms with Gasteiger partial charge in [0.05, 0.1) is 16.2 Å². The fourth-order valence-corrected chi connectivity index (χ4v) is 2.21. The van der Waals surface area contributed by atoms with E-state index >= 15 is 0 Å². The van der Waals surface area contributed by atoms with Crippen LogP contribution in [-0.4, -0.2) is 32.5 Å². The maximum atomic E-state index is 11.0. The van der Waals surface area contributed by atoms with Crippen LogP contribution in [0.15, 0.2) is 6.07 Å². The van der Waals surface area contributed by atoms with Crippen LogP contribution >= 0.6 is 11.6 Å². The molecule has 0 aromatic carbocycles. The van der Waals surface area contributed by atoms with Gasteiger partial charge in [0.15, 0.2) is 5.65 Å². The van der Waals surface area contributed by atoms with E-state index in [1.165, 1.54) is 6.92 Å². The number of aromatic amines is 1. The summed E-state index contributed by atoms with van der Waals surface area (Å²) in [6, 6.07) is 1.49. The number of carbonyl (C=O) groups is 1. The zero-order chi connectivity index (χ0) is 14.0. The van der Waals surface area contributed by atoms with Gasteiger partial charge in [-0.15, -0.1) is 0 Å². The van der Waals surface area contributed by atoms with Gasteiger partial charge >= 0.3 is 0 Å². The number of nitrogens with one attached hydrogen (secondary N) is 2. The molecule has 0 saturated carbocycles. The lowest BCUT2D eigenvalue weighted by molar-refractivity contribution is -0.119. The maximum absolute atomic E-state index is 11.0. The van der Waals surface area contributed by atoms with Crippen LogP contribution in [0, 0.1) is 0 Å².